The predicted octanol–water partition coefficient (Wildman–Crippen LogP) is 3.97. The maximum atomic E-state index is 12.5. The number of aliphatic hydroxyl groups excluding tert-OH is 1. The summed E-state index contributed by atoms with van der Waals surface area (Å²) in [6.45, 7) is 1.51. The number of Topliss-reactive ketones (excluding diaryl/α,β-unsaturated/α-hetero) is 2. The number of carbonyl (C=O) groups is 2. The lowest BCUT2D eigenvalue weighted by Gasteiger charge is -2.12. The van der Waals surface area contributed by atoms with E-state index in [2.05, 4.69) is 31.2 Å². The second kappa shape index (κ2) is 9.65. The Balaban J connectivity index is 2.09. The first-order valence-corrected chi connectivity index (χ1v) is 8.82. The van der Waals surface area contributed by atoms with E-state index >= 15 is 0 Å². The Morgan fingerprint density at radius 2 is 1.62 bits per heavy atom. The number of benzene rings is 2. The van der Waals surface area contributed by atoms with Crippen molar-refractivity contribution in [3.05, 3.63) is 59.7 Å². The summed E-state index contributed by atoms with van der Waals surface area (Å²) in [6, 6.07) is 17.6. The van der Waals surface area contributed by atoms with Crippen molar-refractivity contribution in [1.82, 2.24) is 0 Å². The van der Waals surface area contributed by atoms with Crippen molar-refractivity contribution in [3.8, 4) is 17.2 Å². The zero-order valence-electron chi connectivity index (χ0n) is 14.9. The van der Waals surface area contributed by atoms with Crippen LogP contribution in [0, 0.1) is 17.2 Å². The standard InChI is InChI=1S/C22H23NO3/c1-2-16-5-7-17(8-6-16)18-9-11-19(12-10-18)21(25)14-20(4-3-13-23)22(26)15-24/h5-12,20,24H,2-4,14-15H2,1H3/t20-/m1/s1. The number of nitriles is 1. The largest absolute Gasteiger partial charge is 0.389 e. The van der Waals surface area contributed by atoms with Crippen LogP contribution in [0.2, 0.25) is 0 Å². The molecule has 134 valence electrons. The van der Waals surface area contributed by atoms with Gasteiger partial charge in [0.2, 0.25) is 0 Å². The maximum absolute atomic E-state index is 12.5. The highest BCUT2D eigenvalue weighted by atomic mass is 16.3. The number of hydrogen-bond donors (Lipinski definition) is 1. The van der Waals surface area contributed by atoms with E-state index in [9.17, 15) is 9.59 Å². The van der Waals surface area contributed by atoms with E-state index in [-0.39, 0.29) is 24.4 Å². The first kappa shape index (κ1) is 19.6. The summed E-state index contributed by atoms with van der Waals surface area (Å²) in [5.41, 5.74) is 3.92. The molecule has 0 aromatic heterocycles. The fourth-order valence-electron chi connectivity index (χ4n) is 2.87. The van der Waals surface area contributed by atoms with E-state index in [0.717, 1.165) is 17.5 Å². The molecule has 0 saturated carbocycles. The van der Waals surface area contributed by atoms with Gasteiger partial charge < -0.3 is 5.11 Å². The SMILES string of the molecule is CCc1ccc(-c2ccc(C(=O)C[C@@H](CCC#N)C(=O)CO)cc2)cc1. The number of carbonyl (C=O) groups excluding carboxylic acids is 2. The molecule has 1 N–H and O–H groups in total. The Hall–Kier alpha value is -2.77. The summed E-state index contributed by atoms with van der Waals surface area (Å²) in [5.74, 6) is -1.14. The molecule has 0 fully saturated rings. The third kappa shape index (κ3) is 5.11. The molecule has 0 bridgehead atoms. The highest BCUT2D eigenvalue weighted by Gasteiger charge is 2.21. The number of aryl methyl sites for hydroxylation is 1. The smallest absolute Gasteiger partial charge is 0.163 e. The van der Waals surface area contributed by atoms with Crippen LogP contribution in [0.1, 0.15) is 42.1 Å². The summed E-state index contributed by atoms with van der Waals surface area (Å²) < 4.78 is 0. The molecule has 0 aliphatic rings. The number of rotatable bonds is 9. The van der Waals surface area contributed by atoms with E-state index in [4.69, 9.17) is 10.4 Å². The van der Waals surface area contributed by atoms with Crippen molar-refractivity contribution in [2.24, 2.45) is 5.92 Å². The molecular weight excluding hydrogens is 326 g/mol. The molecule has 0 amide bonds. The summed E-state index contributed by atoms with van der Waals surface area (Å²) >= 11 is 0. The van der Waals surface area contributed by atoms with Gasteiger partial charge in [-0.1, -0.05) is 55.5 Å². The lowest BCUT2D eigenvalue weighted by Crippen LogP contribution is -2.21. The molecular formula is C22H23NO3. The van der Waals surface area contributed by atoms with Crippen LogP contribution < -0.4 is 0 Å². The molecule has 4 heteroatoms. The fraction of sp³-hybridized carbons (Fsp3) is 0.318. The number of nitrogens with zero attached hydrogens (tertiary/aromatic N) is 1. The molecule has 0 aliphatic heterocycles. The van der Waals surface area contributed by atoms with Crippen LogP contribution in [0.3, 0.4) is 0 Å². The second-order valence-corrected chi connectivity index (χ2v) is 6.27. The maximum Gasteiger partial charge on any atom is 0.163 e. The van der Waals surface area contributed by atoms with Crippen molar-refractivity contribution < 1.29 is 14.7 Å². The van der Waals surface area contributed by atoms with Crippen LogP contribution in [0.25, 0.3) is 11.1 Å². The van der Waals surface area contributed by atoms with Crippen LogP contribution in [0.4, 0.5) is 0 Å². The molecule has 2 aromatic rings. The number of ketones is 2. The third-order valence-electron chi connectivity index (χ3n) is 4.55. The third-order valence-corrected chi connectivity index (χ3v) is 4.55. The highest BCUT2D eigenvalue weighted by molar-refractivity contribution is 5.99. The first-order chi connectivity index (χ1) is 12.6. The minimum Gasteiger partial charge on any atom is -0.389 e. The summed E-state index contributed by atoms with van der Waals surface area (Å²) in [4.78, 5) is 24.2. The van der Waals surface area contributed by atoms with Crippen LogP contribution >= 0.6 is 0 Å². The fourth-order valence-corrected chi connectivity index (χ4v) is 2.87. The minimum atomic E-state index is -0.603. The second-order valence-electron chi connectivity index (χ2n) is 6.27. The van der Waals surface area contributed by atoms with E-state index in [1.807, 2.05) is 18.2 Å². The topological polar surface area (TPSA) is 78.2 Å². The van der Waals surface area contributed by atoms with Gasteiger partial charge in [-0.05, 0) is 29.5 Å². The van der Waals surface area contributed by atoms with Crippen LogP contribution in [0.5, 0.6) is 0 Å². The normalized spacial score (nSPS) is 11.6. The van der Waals surface area contributed by atoms with Gasteiger partial charge in [0.15, 0.2) is 11.6 Å². The molecule has 4 nitrogen and oxygen atoms in total. The van der Waals surface area contributed by atoms with Crippen molar-refractivity contribution in [2.45, 2.75) is 32.6 Å². The molecule has 0 aliphatic carbocycles. The molecule has 0 spiro atoms. The Labute approximate surface area is 154 Å². The van der Waals surface area contributed by atoms with Gasteiger partial charge >= 0.3 is 0 Å². The lowest BCUT2D eigenvalue weighted by molar-refractivity contribution is -0.125. The van der Waals surface area contributed by atoms with Crippen molar-refractivity contribution >= 4 is 11.6 Å². The highest BCUT2D eigenvalue weighted by Crippen LogP contribution is 2.22. The van der Waals surface area contributed by atoms with Crippen LogP contribution in [-0.4, -0.2) is 23.3 Å². The lowest BCUT2D eigenvalue weighted by atomic mass is 9.90. The average Bonchev–Trinajstić information content (AvgIpc) is 2.70. The van der Waals surface area contributed by atoms with Gasteiger partial charge in [-0.15, -0.1) is 0 Å². The van der Waals surface area contributed by atoms with Gasteiger partial charge in [0.25, 0.3) is 0 Å². The van der Waals surface area contributed by atoms with Crippen molar-refractivity contribution in [2.75, 3.05) is 6.61 Å². The van der Waals surface area contributed by atoms with E-state index in [0.29, 0.717) is 12.0 Å². The van der Waals surface area contributed by atoms with Crippen LogP contribution in [-0.2, 0) is 11.2 Å². The van der Waals surface area contributed by atoms with E-state index in [1.54, 1.807) is 12.1 Å². The molecule has 2 aromatic carbocycles. The Bertz CT molecular complexity index is 786. The Morgan fingerprint density at radius 1 is 1.04 bits per heavy atom. The Kier molecular flexibility index (Phi) is 7.25. The van der Waals surface area contributed by atoms with E-state index in [1.165, 1.54) is 5.56 Å². The predicted molar refractivity (Wildman–Crippen MR) is 101 cm³/mol. The monoisotopic (exact) mass is 349 g/mol. The van der Waals surface area contributed by atoms with Gasteiger partial charge in [0.1, 0.15) is 6.61 Å². The van der Waals surface area contributed by atoms with E-state index < -0.39 is 12.5 Å². The molecule has 2 rings (SSSR count). The average molecular weight is 349 g/mol. The number of aliphatic hydroxyl groups is 1. The molecule has 1 atom stereocenters. The van der Waals surface area contributed by atoms with Gasteiger partial charge in [-0.2, -0.15) is 5.26 Å². The molecule has 0 heterocycles. The van der Waals surface area contributed by atoms with Gasteiger partial charge in [0, 0.05) is 24.3 Å². The molecule has 0 radical (unpaired) electrons. The summed E-state index contributed by atoms with van der Waals surface area (Å²) in [7, 11) is 0. The van der Waals surface area contributed by atoms with Gasteiger partial charge in [-0.3, -0.25) is 9.59 Å². The molecule has 0 saturated heterocycles. The minimum absolute atomic E-state index is 0.0195. The summed E-state index contributed by atoms with van der Waals surface area (Å²) in [5, 5.41) is 17.7. The molecule has 26 heavy (non-hydrogen) atoms. The van der Waals surface area contributed by atoms with Crippen molar-refractivity contribution in [3.63, 3.8) is 0 Å². The van der Waals surface area contributed by atoms with Gasteiger partial charge in [0.05, 0.1) is 6.07 Å². The molecule has 0 unspecified atom stereocenters. The quantitative estimate of drug-likeness (QED) is 0.695. The first-order valence-electron chi connectivity index (χ1n) is 8.82. The summed E-state index contributed by atoms with van der Waals surface area (Å²) in [6.07, 6.45) is 1.50. The van der Waals surface area contributed by atoms with Gasteiger partial charge in [-0.25, -0.2) is 0 Å². The number of hydrogen-bond acceptors (Lipinski definition) is 4. The zero-order chi connectivity index (χ0) is 18.9. The Morgan fingerprint density at radius 3 is 2.12 bits per heavy atom. The zero-order valence-corrected chi connectivity index (χ0v) is 14.9. The van der Waals surface area contributed by atoms with Crippen LogP contribution in [0.15, 0.2) is 48.5 Å². The van der Waals surface area contributed by atoms with Crippen molar-refractivity contribution in [1.29, 1.82) is 5.26 Å².